The molecule has 1 unspecified atom stereocenters. The number of carbonyl (C=O) groups is 2. The van der Waals surface area contributed by atoms with Gasteiger partial charge in [-0.3, -0.25) is 0 Å². The Balaban J connectivity index is 2.53. The first-order chi connectivity index (χ1) is 8.00. The van der Waals surface area contributed by atoms with Crippen molar-refractivity contribution in [3.8, 4) is 0 Å². The number of hydrogen-bond acceptors (Lipinski definition) is 4. The molecule has 0 aliphatic rings. The van der Waals surface area contributed by atoms with Crippen molar-refractivity contribution in [3.05, 3.63) is 48.0 Å². The maximum atomic E-state index is 11.5. The summed E-state index contributed by atoms with van der Waals surface area (Å²) in [6.07, 6.45) is 0.336. The quantitative estimate of drug-likeness (QED) is 0.482. The first-order valence-corrected chi connectivity index (χ1v) is 5.21. The minimum atomic E-state index is -0.847. The summed E-state index contributed by atoms with van der Waals surface area (Å²) < 4.78 is 4.54. The SMILES string of the molecule is C=C(C)C(=O)OC(=O)C(N)Cc1ccccc1. The molecule has 0 spiro atoms. The third-order valence-corrected chi connectivity index (χ3v) is 2.14. The Morgan fingerprint density at radius 1 is 1.35 bits per heavy atom. The van der Waals surface area contributed by atoms with Crippen LogP contribution < -0.4 is 5.73 Å². The molecule has 0 radical (unpaired) electrons. The summed E-state index contributed by atoms with van der Waals surface area (Å²) in [6.45, 7) is 4.85. The minimum absolute atomic E-state index is 0.172. The average molecular weight is 233 g/mol. The van der Waals surface area contributed by atoms with Crippen molar-refractivity contribution in [1.82, 2.24) is 0 Å². The summed E-state index contributed by atoms with van der Waals surface area (Å²) in [7, 11) is 0. The number of rotatable bonds is 4. The van der Waals surface area contributed by atoms with Gasteiger partial charge in [0.2, 0.25) is 0 Å². The number of esters is 2. The van der Waals surface area contributed by atoms with Gasteiger partial charge in [0, 0.05) is 5.57 Å². The van der Waals surface area contributed by atoms with Crippen LogP contribution in [0.25, 0.3) is 0 Å². The molecular weight excluding hydrogens is 218 g/mol. The fourth-order valence-corrected chi connectivity index (χ4v) is 1.21. The number of nitrogens with two attached hydrogens (primary N) is 1. The molecule has 0 fully saturated rings. The van der Waals surface area contributed by atoms with E-state index in [1.807, 2.05) is 30.3 Å². The highest BCUT2D eigenvalue weighted by atomic mass is 16.6. The van der Waals surface area contributed by atoms with Gasteiger partial charge in [0.05, 0.1) is 0 Å². The highest BCUT2D eigenvalue weighted by Crippen LogP contribution is 2.04. The Kier molecular flexibility index (Phi) is 4.60. The van der Waals surface area contributed by atoms with Gasteiger partial charge in [-0.2, -0.15) is 0 Å². The molecule has 0 aliphatic heterocycles. The molecule has 1 rings (SSSR count). The molecular formula is C13H15NO3. The Hall–Kier alpha value is -1.94. The van der Waals surface area contributed by atoms with Gasteiger partial charge < -0.3 is 10.5 Å². The second-order valence-electron chi connectivity index (χ2n) is 3.79. The second-order valence-corrected chi connectivity index (χ2v) is 3.79. The Morgan fingerprint density at radius 2 is 1.94 bits per heavy atom. The van der Waals surface area contributed by atoms with Crippen LogP contribution in [0.3, 0.4) is 0 Å². The average Bonchev–Trinajstić information content (AvgIpc) is 2.29. The van der Waals surface area contributed by atoms with Crippen LogP contribution in [0, 0.1) is 0 Å². The van der Waals surface area contributed by atoms with Gasteiger partial charge in [-0.15, -0.1) is 0 Å². The van der Waals surface area contributed by atoms with Gasteiger partial charge in [-0.05, 0) is 18.9 Å². The van der Waals surface area contributed by atoms with Crippen LogP contribution in [0.5, 0.6) is 0 Å². The molecule has 0 amide bonds. The third kappa shape index (κ3) is 4.20. The molecule has 2 N–H and O–H groups in total. The van der Waals surface area contributed by atoms with Crippen LogP contribution >= 0.6 is 0 Å². The van der Waals surface area contributed by atoms with E-state index < -0.39 is 18.0 Å². The van der Waals surface area contributed by atoms with Gasteiger partial charge in [-0.1, -0.05) is 36.9 Å². The van der Waals surface area contributed by atoms with Gasteiger partial charge in [0.15, 0.2) is 0 Å². The van der Waals surface area contributed by atoms with Crippen molar-refractivity contribution >= 4 is 11.9 Å². The fraction of sp³-hybridized carbons (Fsp3) is 0.231. The molecule has 4 heteroatoms. The topological polar surface area (TPSA) is 69.4 Å². The van der Waals surface area contributed by atoms with E-state index in [-0.39, 0.29) is 5.57 Å². The normalized spacial score (nSPS) is 11.6. The van der Waals surface area contributed by atoms with Gasteiger partial charge >= 0.3 is 11.9 Å². The van der Waals surface area contributed by atoms with Crippen LogP contribution in [0.4, 0.5) is 0 Å². The van der Waals surface area contributed by atoms with E-state index in [4.69, 9.17) is 5.73 Å². The van der Waals surface area contributed by atoms with Crippen molar-refractivity contribution in [2.75, 3.05) is 0 Å². The maximum Gasteiger partial charge on any atom is 0.340 e. The van der Waals surface area contributed by atoms with Crippen molar-refractivity contribution < 1.29 is 14.3 Å². The van der Waals surface area contributed by atoms with E-state index >= 15 is 0 Å². The van der Waals surface area contributed by atoms with Gasteiger partial charge in [0.1, 0.15) is 6.04 Å². The van der Waals surface area contributed by atoms with Crippen molar-refractivity contribution in [3.63, 3.8) is 0 Å². The van der Waals surface area contributed by atoms with E-state index in [2.05, 4.69) is 11.3 Å². The standard InChI is InChI=1S/C13H15NO3/c1-9(2)12(15)17-13(16)11(14)8-10-6-4-3-5-7-10/h3-7,11H,1,8,14H2,2H3. The van der Waals surface area contributed by atoms with E-state index in [9.17, 15) is 9.59 Å². The van der Waals surface area contributed by atoms with Crippen molar-refractivity contribution in [1.29, 1.82) is 0 Å². The summed E-state index contributed by atoms with van der Waals surface area (Å²) in [6, 6.07) is 8.44. The molecule has 1 aromatic carbocycles. The second kappa shape index (κ2) is 5.96. The fourth-order valence-electron chi connectivity index (χ4n) is 1.21. The lowest BCUT2D eigenvalue weighted by atomic mass is 10.1. The molecule has 90 valence electrons. The van der Waals surface area contributed by atoms with E-state index in [1.54, 1.807) is 0 Å². The van der Waals surface area contributed by atoms with Gasteiger partial charge in [0.25, 0.3) is 0 Å². The van der Waals surface area contributed by atoms with Crippen LogP contribution in [0.2, 0.25) is 0 Å². The number of carbonyl (C=O) groups excluding carboxylic acids is 2. The lowest BCUT2D eigenvalue weighted by Gasteiger charge is -2.10. The Morgan fingerprint density at radius 3 is 2.47 bits per heavy atom. The van der Waals surface area contributed by atoms with E-state index in [0.717, 1.165) is 5.56 Å². The number of hydrogen-bond donors (Lipinski definition) is 1. The zero-order valence-electron chi connectivity index (χ0n) is 9.68. The largest absolute Gasteiger partial charge is 0.389 e. The maximum absolute atomic E-state index is 11.5. The Labute approximate surface area is 100 Å². The molecule has 4 nitrogen and oxygen atoms in total. The molecule has 0 bridgehead atoms. The highest BCUT2D eigenvalue weighted by molar-refractivity contribution is 5.96. The van der Waals surface area contributed by atoms with E-state index in [1.165, 1.54) is 6.92 Å². The number of benzene rings is 1. The Bertz CT molecular complexity index is 426. The van der Waals surface area contributed by atoms with Crippen molar-refractivity contribution in [2.45, 2.75) is 19.4 Å². The third-order valence-electron chi connectivity index (χ3n) is 2.14. The predicted octanol–water partition coefficient (Wildman–Crippen LogP) is 1.20. The summed E-state index contributed by atoms with van der Waals surface area (Å²) in [5.41, 5.74) is 6.73. The molecule has 0 saturated heterocycles. The predicted molar refractivity (Wildman–Crippen MR) is 64.0 cm³/mol. The highest BCUT2D eigenvalue weighted by Gasteiger charge is 2.19. The van der Waals surface area contributed by atoms with E-state index in [0.29, 0.717) is 6.42 Å². The molecule has 17 heavy (non-hydrogen) atoms. The lowest BCUT2D eigenvalue weighted by Crippen LogP contribution is -2.35. The summed E-state index contributed by atoms with van der Waals surface area (Å²) in [5, 5.41) is 0. The van der Waals surface area contributed by atoms with Crippen LogP contribution in [0.1, 0.15) is 12.5 Å². The summed E-state index contributed by atoms with van der Waals surface area (Å²) >= 11 is 0. The first-order valence-electron chi connectivity index (χ1n) is 5.21. The molecule has 1 atom stereocenters. The van der Waals surface area contributed by atoms with Crippen molar-refractivity contribution in [2.24, 2.45) is 5.73 Å². The number of ether oxygens (including phenoxy) is 1. The monoisotopic (exact) mass is 233 g/mol. The minimum Gasteiger partial charge on any atom is -0.389 e. The van der Waals surface area contributed by atoms with Crippen LogP contribution in [-0.2, 0) is 20.7 Å². The zero-order valence-corrected chi connectivity index (χ0v) is 9.68. The van der Waals surface area contributed by atoms with Gasteiger partial charge in [-0.25, -0.2) is 9.59 Å². The summed E-state index contributed by atoms with van der Waals surface area (Å²) in [5.74, 6) is -1.47. The smallest absolute Gasteiger partial charge is 0.340 e. The molecule has 0 saturated carbocycles. The van der Waals surface area contributed by atoms with Crippen LogP contribution in [0.15, 0.2) is 42.5 Å². The molecule has 0 aromatic heterocycles. The van der Waals surface area contributed by atoms with Crippen LogP contribution in [-0.4, -0.2) is 18.0 Å². The zero-order chi connectivity index (χ0) is 12.8. The first kappa shape index (κ1) is 13.1. The molecule has 0 aliphatic carbocycles. The lowest BCUT2D eigenvalue weighted by molar-refractivity contribution is -0.157. The molecule has 1 aromatic rings. The molecule has 0 heterocycles. The summed E-state index contributed by atoms with van der Waals surface area (Å²) in [4.78, 5) is 22.6.